The third-order valence-electron chi connectivity index (χ3n) is 2.14. The first kappa shape index (κ1) is 8.84. The molecule has 70 valence electrons. The number of ether oxygens (including phenoxy) is 1. The minimum atomic E-state index is 0.494. The molecule has 2 heterocycles. The summed E-state index contributed by atoms with van der Waals surface area (Å²) in [6.45, 7) is 0.494. The molecule has 0 atom stereocenters. The molecule has 1 aromatic heterocycles. The highest BCUT2D eigenvalue weighted by Crippen LogP contribution is 2.31. The van der Waals surface area contributed by atoms with Gasteiger partial charge >= 0.3 is 0 Å². The molecular weight excluding hydrogens is 184 g/mol. The van der Waals surface area contributed by atoms with Crippen LogP contribution in [0.15, 0.2) is 6.07 Å². The van der Waals surface area contributed by atoms with Crippen LogP contribution in [0.2, 0.25) is 0 Å². The highest BCUT2D eigenvalue weighted by Gasteiger charge is 2.16. The number of nitrogens with zero attached hydrogens (tertiary/aromatic N) is 1. The minimum Gasteiger partial charge on any atom is -0.481 e. The largest absolute Gasteiger partial charge is 0.481 e. The van der Waals surface area contributed by atoms with Gasteiger partial charge in [0.2, 0.25) is 5.88 Å². The number of rotatable bonds is 2. The van der Waals surface area contributed by atoms with Crippen LogP contribution in [0.5, 0.6) is 5.88 Å². The maximum absolute atomic E-state index is 5.59. The van der Waals surface area contributed by atoms with Crippen molar-refractivity contribution < 1.29 is 4.74 Å². The number of hydrogen-bond acceptors (Lipinski definition) is 4. The lowest BCUT2D eigenvalue weighted by atomic mass is 10.1. The summed E-state index contributed by atoms with van der Waals surface area (Å²) in [7, 11) is 1.63. The van der Waals surface area contributed by atoms with Crippen LogP contribution in [0.4, 0.5) is 0 Å². The molecule has 4 heteroatoms. The second-order valence-electron chi connectivity index (χ2n) is 2.96. The zero-order valence-corrected chi connectivity index (χ0v) is 8.36. The first-order chi connectivity index (χ1) is 6.35. The average molecular weight is 196 g/mol. The average Bonchev–Trinajstić information content (AvgIpc) is 2.62. The SMILES string of the molecule is COc1nc2c(cc1CN)CSC2. The van der Waals surface area contributed by atoms with Crippen molar-refractivity contribution in [2.45, 2.75) is 18.1 Å². The summed E-state index contributed by atoms with van der Waals surface area (Å²) in [6.07, 6.45) is 0. The van der Waals surface area contributed by atoms with E-state index in [2.05, 4.69) is 11.1 Å². The molecule has 0 fully saturated rings. The van der Waals surface area contributed by atoms with Crippen LogP contribution in [0.1, 0.15) is 16.8 Å². The van der Waals surface area contributed by atoms with Crippen molar-refractivity contribution in [1.82, 2.24) is 4.98 Å². The molecule has 2 N–H and O–H groups in total. The monoisotopic (exact) mass is 196 g/mol. The lowest BCUT2D eigenvalue weighted by Crippen LogP contribution is -2.04. The number of methoxy groups -OCH3 is 1. The maximum Gasteiger partial charge on any atom is 0.217 e. The summed E-state index contributed by atoms with van der Waals surface area (Å²) in [5.74, 6) is 2.74. The Morgan fingerprint density at radius 2 is 2.46 bits per heavy atom. The van der Waals surface area contributed by atoms with E-state index in [9.17, 15) is 0 Å². The van der Waals surface area contributed by atoms with Gasteiger partial charge in [0, 0.05) is 23.6 Å². The van der Waals surface area contributed by atoms with Crippen LogP contribution in [-0.4, -0.2) is 12.1 Å². The van der Waals surface area contributed by atoms with Crippen LogP contribution < -0.4 is 10.5 Å². The van der Waals surface area contributed by atoms with Crippen molar-refractivity contribution in [1.29, 1.82) is 0 Å². The molecule has 1 aromatic rings. The highest BCUT2D eigenvalue weighted by atomic mass is 32.2. The fraction of sp³-hybridized carbons (Fsp3) is 0.444. The molecular formula is C9H12N2OS. The Morgan fingerprint density at radius 3 is 3.15 bits per heavy atom. The first-order valence-electron chi connectivity index (χ1n) is 4.18. The third-order valence-corrected chi connectivity index (χ3v) is 3.13. The van der Waals surface area contributed by atoms with Gasteiger partial charge in [0.05, 0.1) is 12.8 Å². The fourth-order valence-corrected chi connectivity index (χ4v) is 2.47. The van der Waals surface area contributed by atoms with Gasteiger partial charge in [-0.15, -0.1) is 0 Å². The number of thioether (sulfide) groups is 1. The van der Waals surface area contributed by atoms with E-state index in [4.69, 9.17) is 10.5 Å². The van der Waals surface area contributed by atoms with Crippen molar-refractivity contribution in [3.63, 3.8) is 0 Å². The smallest absolute Gasteiger partial charge is 0.217 e. The predicted octanol–water partition coefficient (Wildman–Crippen LogP) is 1.30. The molecule has 2 rings (SSSR count). The zero-order chi connectivity index (χ0) is 9.26. The number of aromatic nitrogens is 1. The minimum absolute atomic E-state index is 0.494. The van der Waals surface area contributed by atoms with E-state index in [1.807, 2.05) is 11.8 Å². The predicted molar refractivity (Wildman–Crippen MR) is 53.7 cm³/mol. The van der Waals surface area contributed by atoms with Gasteiger partial charge in [0.25, 0.3) is 0 Å². The van der Waals surface area contributed by atoms with Gasteiger partial charge < -0.3 is 10.5 Å². The molecule has 13 heavy (non-hydrogen) atoms. The Balaban J connectivity index is 2.47. The van der Waals surface area contributed by atoms with Crippen molar-refractivity contribution >= 4 is 11.8 Å². The van der Waals surface area contributed by atoms with Gasteiger partial charge in [-0.25, -0.2) is 4.98 Å². The summed E-state index contributed by atoms with van der Waals surface area (Å²) in [5.41, 5.74) is 9.06. The van der Waals surface area contributed by atoms with Crippen LogP contribution in [0.3, 0.4) is 0 Å². The molecule has 1 aliphatic rings. The summed E-state index contributed by atoms with van der Waals surface area (Å²) in [6, 6.07) is 2.11. The second-order valence-corrected chi connectivity index (χ2v) is 3.95. The van der Waals surface area contributed by atoms with E-state index in [1.54, 1.807) is 7.11 Å². The molecule has 1 aliphatic heterocycles. The Kier molecular flexibility index (Phi) is 2.42. The van der Waals surface area contributed by atoms with Crippen LogP contribution in [-0.2, 0) is 18.1 Å². The summed E-state index contributed by atoms with van der Waals surface area (Å²) < 4.78 is 5.16. The molecule has 0 aromatic carbocycles. The van der Waals surface area contributed by atoms with E-state index in [1.165, 1.54) is 5.56 Å². The Bertz CT molecular complexity index is 297. The van der Waals surface area contributed by atoms with E-state index < -0.39 is 0 Å². The molecule has 0 bridgehead atoms. The lowest BCUT2D eigenvalue weighted by molar-refractivity contribution is 0.391. The topological polar surface area (TPSA) is 48.1 Å². The zero-order valence-electron chi connectivity index (χ0n) is 7.54. The number of hydrogen-bond donors (Lipinski definition) is 1. The van der Waals surface area contributed by atoms with Crippen LogP contribution in [0.25, 0.3) is 0 Å². The van der Waals surface area contributed by atoms with E-state index in [-0.39, 0.29) is 0 Å². The van der Waals surface area contributed by atoms with Crippen molar-refractivity contribution in [3.8, 4) is 5.88 Å². The van der Waals surface area contributed by atoms with Gasteiger partial charge in [0.15, 0.2) is 0 Å². The van der Waals surface area contributed by atoms with Crippen molar-refractivity contribution in [2.75, 3.05) is 7.11 Å². The van der Waals surface area contributed by atoms with E-state index in [0.29, 0.717) is 12.4 Å². The summed E-state index contributed by atoms with van der Waals surface area (Å²) in [4.78, 5) is 4.42. The molecule has 0 aliphatic carbocycles. The number of pyridine rings is 1. The Labute approximate surface area is 81.7 Å². The molecule has 0 radical (unpaired) electrons. The van der Waals surface area contributed by atoms with Gasteiger partial charge in [-0.3, -0.25) is 0 Å². The molecule has 0 saturated carbocycles. The number of fused-ring (bicyclic) bond motifs is 1. The lowest BCUT2D eigenvalue weighted by Gasteiger charge is -2.07. The summed E-state index contributed by atoms with van der Waals surface area (Å²) in [5, 5.41) is 0. The first-order valence-corrected chi connectivity index (χ1v) is 5.34. The van der Waals surface area contributed by atoms with Crippen molar-refractivity contribution in [2.24, 2.45) is 5.73 Å². The van der Waals surface area contributed by atoms with Crippen LogP contribution in [0, 0.1) is 0 Å². The molecule has 0 saturated heterocycles. The van der Waals surface area contributed by atoms with Gasteiger partial charge in [-0.2, -0.15) is 11.8 Å². The normalized spacial score (nSPS) is 14.3. The van der Waals surface area contributed by atoms with E-state index >= 15 is 0 Å². The quantitative estimate of drug-likeness (QED) is 0.774. The molecule has 0 spiro atoms. The molecule has 0 unspecified atom stereocenters. The van der Waals surface area contributed by atoms with Gasteiger partial charge in [0.1, 0.15) is 0 Å². The third kappa shape index (κ3) is 1.51. The molecule has 3 nitrogen and oxygen atoms in total. The van der Waals surface area contributed by atoms with Crippen LogP contribution >= 0.6 is 11.8 Å². The Morgan fingerprint density at radius 1 is 1.62 bits per heavy atom. The molecule has 0 amide bonds. The number of nitrogens with two attached hydrogens (primary N) is 1. The summed E-state index contributed by atoms with van der Waals surface area (Å²) >= 11 is 1.88. The standard InChI is InChI=1S/C9H12N2OS/c1-12-9-6(3-10)2-7-4-13-5-8(7)11-9/h2H,3-5,10H2,1H3. The van der Waals surface area contributed by atoms with E-state index in [0.717, 1.165) is 22.8 Å². The highest BCUT2D eigenvalue weighted by molar-refractivity contribution is 7.98. The van der Waals surface area contributed by atoms with Gasteiger partial charge in [-0.1, -0.05) is 0 Å². The maximum atomic E-state index is 5.59. The fourth-order valence-electron chi connectivity index (χ4n) is 1.45. The van der Waals surface area contributed by atoms with Gasteiger partial charge in [-0.05, 0) is 11.6 Å². The Hall–Kier alpha value is -0.740. The van der Waals surface area contributed by atoms with Crippen molar-refractivity contribution in [3.05, 3.63) is 22.9 Å². The second kappa shape index (κ2) is 3.55.